The fourth-order valence-electron chi connectivity index (χ4n) is 1.88. The number of amides is 2. The molecule has 2 amide bonds. The van der Waals surface area contributed by atoms with E-state index in [9.17, 15) is 22.8 Å². The monoisotopic (exact) mass is 281 g/mol. The summed E-state index contributed by atoms with van der Waals surface area (Å²) in [5.74, 6) is -1.74. The van der Waals surface area contributed by atoms with Crippen LogP contribution >= 0.6 is 0 Å². The Hall–Kier alpha value is -1.31. The molecule has 0 bridgehead atoms. The van der Waals surface area contributed by atoms with Crippen LogP contribution in [0.1, 0.15) is 19.8 Å². The summed E-state index contributed by atoms with van der Waals surface area (Å²) in [6.07, 6.45) is -4.78. The number of halogens is 3. The molecule has 5 nitrogen and oxygen atoms in total. The zero-order valence-electron chi connectivity index (χ0n) is 10.7. The lowest BCUT2D eigenvalue weighted by Gasteiger charge is -2.21. The van der Waals surface area contributed by atoms with Gasteiger partial charge in [0, 0.05) is 25.7 Å². The van der Waals surface area contributed by atoms with Gasteiger partial charge in [0.1, 0.15) is 0 Å². The molecule has 8 heteroatoms. The predicted octanol–water partition coefficient (Wildman–Crippen LogP) is 0.265. The van der Waals surface area contributed by atoms with E-state index in [1.54, 1.807) is 0 Å². The average Bonchev–Trinajstić information content (AvgIpc) is 2.53. The standard InChI is InChI=1S/C11H18F3N3O2/c1-8(7-11(12,13)14)16-9(18)10(19)17-5-2-3-15-4-6-17/h8,15H,2-7H2,1H3,(H,16,18). The first-order valence-corrected chi connectivity index (χ1v) is 6.17. The van der Waals surface area contributed by atoms with Gasteiger partial charge in [-0.15, -0.1) is 0 Å². The third kappa shape index (κ3) is 5.91. The molecule has 0 aromatic rings. The highest BCUT2D eigenvalue weighted by atomic mass is 19.4. The molecule has 0 aromatic heterocycles. The van der Waals surface area contributed by atoms with E-state index in [1.807, 2.05) is 0 Å². The van der Waals surface area contributed by atoms with Gasteiger partial charge in [-0.3, -0.25) is 9.59 Å². The van der Waals surface area contributed by atoms with Crippen molar-refractivity contribution in [3.05, 3.63) is 0 Å². The summed E-state index contributed by atoms with van der Waals surface area (Å²) in [7, 11) is 0. The molecule has 19 heavy (non-hydrogen) atoms. The molecular weight excluding hydrogens is 263 g/mol. The fourth-order valence-corrected chi connectivity index (χ4v) is 1.88. The van der Waals surface area contributed by atoms with Gasteiger partial charge in [0.05, 0.1) is 6.42 Å². The Labute approximate surface area is 109 Å². The molecule has 1 aliphatic heterocycles. The number of nitrogens with one attached hydrogen (secondary N) is 2. The Morgan fingerprint density at radius 1 is 1.32 bits per heavy atom. The molecule has 0 saturated carbocycles. The molecule has 1 saturated heterocycles. The van der Waals surface area contributed by atoms with Crippen LogP contribution in [-0.4, -0.2) is 55.1 Å². The Morgan fingerprint density at radius 3 is 2.63 bits per heavy atom. The third-order valence-electron chi connectivity index (χ3n) is 2.74. The van der Waals surface area contributed by atoms with Crippen LogP contribution in [0.3, 0.4) is 0 Å². The predicted molar refractivity (Wildman–Crippen MR) is 62.3 cm³/mol. The van der Waals surface area contributed by atoms with Crippen LogP contribution in [0.15, 0.2) is 0 Å². The summed E-state index contributed by atoms with van der Waals surface area (Å²) < 4.78 is 36.3. The Bertz CT molecular complexity index is 326. The third-order valence-corrected chi connectivity index (χ3v) is 2.74. The lowest BCUT2D eigenvalue weighted by Crippen LogP contribution is -2.47. The highest BCUT2D eigenvalue weighted by Crippen LogP contribution is 2.21. The van der Waals surface area contributed by atoms with E-state index in [-0.39, 0.29) is 0 Å². The number of hydrogen-bond acceptors (Lipinski definition) is 3. The van der Waals surface area contributed by atoms with Crippen molar-refractivity contribution in [2.45, 2.75) is 32.0 Å². The van der Waals surface area contributed by atoms with E-state index in [1.165, 1.54) is 11.8 Å². The number of rotatable bonds is 2. The second-order valence-electron chi connectivity index (χ2n) is 4.59. The van der Waals surface area contributed by atoms with Crippen molar-refractivity contribution in [1.82, 2.24) is 15.5 Å². The van der Waals surface area contributed by atoms with Crippen LogP contribution in [0, 0.1) is 0 Å². The molecule has 1 aliphatic rings. The minimum atomic E-state index is -4.36. The molecule has 0 aliphatic carbocycles. The Balaban J connectivity index is 2.45. The number of nitrogens with zero attached hydrogens (tertiary/aromatic N) is 1. The van der Waals surface area contributed by atoms with Gasteiger partial charge in [-0.2, -0.15) is 13.2 Å². The van der Waals surface area contributed by atoms with E-state index in [0.29, 0.717) is 19.6 Å². The van der Waals surface area contributed by atoms with Crippen LogP contribution in [0.2, 0.25) is 0 Å². The van der Waals surface area contributed by atoms with Crippen LogP contribution < -0.4 is 10.6 Å². The van der Waals surface area contributed by atoms with Crippen LogP contribution in [0.4, 0.5) is 13.2 Å². The van der Waals surface area contributed by atoms with Gasteiger partial charge < -0.3 is 15.5 Å². The molecule has 1 heterocycles. The van der Waals surface area contributed by atoms with Gasteiger partial charge in [-0.25, -0.2) is 0 Å². The molecular formula is C11H18F3N3O2. The first-order valence-electron chi connectivity index (χ1n) is 6.17. The largest absolute Gasteiger partial charge is 0.391 e. The summed E-state index contributed by atoms with van der Waals surface area (Å²) in [6.45, 7) is 3.39. The van der Waals surface area contributed by atoms with Gasteiger partial charge in [0.2, 0.25) is 0 Å². The number of carbonyl (C=O) groups excluding carboxylic acids is 2. The van der Waals surface area contributed by atoms with Crippen LogP contribution in [0.25, 0.3) is 0 Å². The zero-order chi connectivity index (χ0) is 14.5. The van der Waals surface area contributed by atoms with Gasteiger partial charge in [-0.05, 0) is 19.9 Å². The van der Waals surface area contributed by atoms with Gasteiger partial charge >= 0.3 is 18.0 Å². The Kier molecular flexibility index (Phi) is 5.59. The van der Waals surface area contributed by atoms with Gasteiger partial charge in [0.15, 0.2) is 0 Å². The fraction of sp³-hybridized carbons (Fsp3) is 0.818. The molecule has 1 atom stereocenters. The zero-order valence-corrected chi connectivity index (χ0v) is 10.7. The Morgan fingerprint density at radius 2 is 2.00 bits per heavy atom. The maximum atomic E-state index is 12.1. The van der Waals surface area contributed by atoms with E-state index < -0.39 is 30.5 Å². The molecule has 1 rings (SSSR count). The maximum absolute atomic E-state index is 12.1. The SMILES string of the molecule is CC(CC(F)(F)F)NC(=O)C(=O)N1CCCNCC1. The lowest BCUT2D eigenvalue weighted by atomic mass is 10.2. The molecule has 1 fully saturated rings. The summed E-state index contributed by atoms with van der Waals surface area (Å²) in [5, 5.41) is 5.15. The van der Waals surface area contributed by atoms with Crippen molar-refractivity contribution in [2.24, 2.45) is 0 Å². The molecule has 1 unspecified atom stereocenters. The first kappa shape index (κ1) is 15.7. The molecule has 0 aromatic carbocycles. The number of carbonyl (C=O) groups is 2. The summed E-state index contributed by atoms with van der Waals surface area (Å²) in [4.78, 5) is 24.7. The average molecular weight is 281 g/mol. The van der Waals surface area contributed by atoms with Gasteiger partial charge in [0.25, 0.3) is 0 Å². The summed E-state index contributed by atoms with van der Waals surface area (Å²) in [5.41, 5.74) is 0. The van der Waals surface area contributed by atoms with Crippen molar-refractivity contribution < 1.29 is 22.8 Å². The van der Waals surface area contributed by atoms with E-state index in [2.05, 4.69) is 10.6 Å². The summed E-state index contributed by atoms with van der Waals surface area (Å²) >= 11 is 0. The quantitative estimate of drug-likeness (QED) is 0.714. The summed E-state index contributed by atoms with van der Waals surface area (Å²) in [6, 6.07) is -1.11. The highest BCUT2D eigenvalue weighted by molar-refractivity contribution is 6.35. The van der Waals surface area contributed by atoms with Crippen LogP contribution in [-0.2, 0) is 9.59 Å². The normalized spacial score (nSPS) is 18.6. The van der Waals surface area contributed by atoms with Gasteiger partial charge in [-0.1, -0.05) is 0 Å². The molecule has 0 spiro atoms. The second-order valence-corrected chi connectivity index (χ2v) is 4.59. The van der Waals surface area contributed by atoms with E-state index in [0.717, 1.165) is 13.0 Å². The lowest BCUT2D eigenvalue weighted by molar-refractivity contribution is -0.150. The van der Waals surface area contributed by atoms with Crippen LogP contribution in [0.5, 0.6) is 0 Å². The van der Waals surface area contributed by atoms with Crippen molar-refractivity contribution in [1.29, 1.82) is 0 Å². The molecule has 2 N–H and O–H groups in total. The second kappa shape index (κ2) is 6.74. The van der Waals surface area contributed by atoms with Crippen molar-refractivity contribution in [3.8, 4) is 0 Å². The van der Waals surface area contributed by atoms with Crippen molar-refractivity contribution >= 4 is 11.8 Å². The first-order chi connectivity index (χ1) is 8.79. The van der Waals surface area contributed by atoms with Crippen molar-refractivity contribution in [2.75, 3.05) is 26.2 Å². The minimum Gasteiger partial charge on any atom is -0.345 e. The smallest absolute Gasteiger partial charge is 0.345 e. The maximum Gasteiger partial charge on any atom is 0.391 e. The van der Waals surface area contributed by atoms with E-state index >= 15 is 0 Å². The topological polar surface area (TPSA) is 61.4 Å². The molecule has 0 radical (unpaired) electrons. The minimum absolute atomic E-state index is 0.389. The van der Waals surface area contributed by atoms with E-state index in [4.69, 9.17) is 0 Å². The molecule has 110 valence electrons. The highest BCUT2D eigenvalue weighted by Gasteiger charge is 2.32. The number of alkyl halides is 3. The number of hydrogen-bond donors (Lipinski definition) is 2. The van der Waals surface area contributed by atoms with Crippen molar-refractivity contribution in [3.63, 3.8) is 0 Å².